The lowest BCUT2D eigenvalue weighted by atomic mass is 9.90. The molecule has 2 amide bonds. The summed E-state index contributed by atoms with van der Waals surface area (Å²) in [6.45, 7) is 1.51. The molecule has 9 nitrogen and oxygen atoms in total. The fraction of sp³-hybridized carbons (Fsp3) is 0.333. The fourth-order valence-electron chi connectivity index (χ4n) is 5.00. The van der Waals surface area contributed by atoms with Crippen molar-refractivity contribution in [3.63, 3.8) is 0 Å². The van der Waals surface area contributed by atoms with Crippen LogP contribution in [0.4, 0.5) is 17.5 Å². The number of rotatable bonds is 6. The van der Waals surface area contributed by atoms with Crippen LogP contribution in [0.1, 0.15) is 36.3 Å². The third kappa shape index (κ3) is 4.95. The van der Waals surface area contributed by atoms with Gasteiger partial charge in [-0.25, -0.2) is 0 Å². The number of fused-ring (bicyclic) bond motifs is 1. The second-order valence-corrected chi connectivity index (χ2v) is 9.27. The zero-order chi connectivity index (χ0) is 25.1. The Morgan fingerprint density at radius 2 is 1.81 bits per heavy atom. The van der Waals surface area contributed by atoms with Crippen molar-refractivity contribution >= 4 is 29.3 Å². The molecular formula is C27H29N5O4. The van der Waals surface area contributed by atoms with Gasteiger partial charge >= 0.3 is 0 Å². The van der Waals surface area contributed by atoms with Crippen molar-refractivity contribution in [1.82, 2.24) is 9.97 Å². The summed E-state index contributed by atoms with van der Waals surface area (Å²) in [5, 5.41) is 5.48. The summed E-state index contributed by atoms with van der Waals surface area (Å²) in [6.07, 6.45) is 2.85. The molecule has 2 aliphatic rings. The molecule has 2 aliphatic heterocycles. The SMILES string of the molecule is COc1ccccc1NC(=O)C1CC(=O)Nc2nc(N3CCC(Cc4ccccc4)CC3)[nH]c(=O)c21. The number of carbonyl (C=O) groups excluding carboxylic acids is 2. The monoisotopic (exact) mass is 487 g/mol. The van der Waals surface area contributed by atoms with Crippen LogP contribution in [0.15, 0.2) is 59.4 Å². The number of hydrogen-bond acceptors (Lipinski definition) is 6. The Morgan fingerprint density at radius 1 is 1.08 bits per heavy atom. The average molecular weight is 488 g/mol. The second kappa shape index (κ2) is 10.2. The molecule has 2 aromatic carbocycles. The van der Waals surface area contributed by atoms with E-state index in [0.717, 1.165) is 32.4 Å². The van der Waals surface area contributed by atoms with Gasteiger partial charge in [-0.2, -0.15) is 4.98 Å². The maximum absolute atomic E-state index is 13.2. The fourth-order valence-corrected chi connectivity index (χ4v) is 5.00. The van der Waals surface area contributed by atoms with Gasteiger partial charge in [0.25, 0.3) is 5.56 Å². The molecule has 0 saturated carbocycles. The minimum Gasteiger partial charge on any atom is -0.495 e. The van der Waals surface area contributed by atoms with E-state index < -0.39 is 17.4 Å². The molecule has 0 aliphatic carbocycles. The van der Waals surface area contributed by atoms with Gasteiger partial charge in [-0.3, -0.25) is 19.4 Å². The van der Waals surface area contributed by atoms with Crippen molar-refractivity contribution in [3.05, 3.63) is 76.1 Å². The first-order valence-corrected chi connectivity index (χ1v) is 12.2. The number of aromatic nitrogens is 2. The Labute approximate surface area is 208 Å². The van der Waals surface area contributed by atoms with E-state index in [-0.39, 0.29) is 23.7 Å². The highest BCUT2D eigenvalue weighted by molar-refractivity contribution is 6.05. The number of aromatic amines is 1. The third-order valence-corrected chi connectivity index (χ3v) is 6.90. The maximum Gasteiger partial charge on any atom is 0.258 e. The van der Waals surface area contributed by atoms with Gasteiger partial charge in [-0.05, 0) is 42.9 Å². The normalized spacial score (nSPS) is 17.8. The van der Waals surface area contributed by atoms with Gasteiger partial charge in [-0.15, -0.1) is 0 Å². The van der Waals surface area contributed by atoms with Crippen LogP contribution in [0.5, 0.6) is 5.75 Å². The molecule has 0 radical (unpaired) electrons. The molecule has 5 rings (SSSR count). The van der Waals surface area contributed by atoms with Gasteiger partial charge in [0.1, 0.15) is 11.6 Å². The van der Waals surface area contributed by atoms with Crippen LogP contribution in [0.25, 0.3) is 0 Å². The molecule has 3 N–H and O–H groups in total. The molecular weight excluding hydrogens is 458 g/mol. The summed E-state index contributed by atoms with van der Waals surface area (Å²) in [6, 6.07) is 17.4. The Bertz CT molecular complexity index is 1320. The van der Waals surface area contributed by atoms with Gasteiger partial charge in [0.15, 0.2) is 0 Å². The second-order valence-electron chi connectivity index (χ2n) is 9.27. The Hall–Kier alpha value is -4.14. The van der Waals surface area contributed by atoms with E-state index in [4.69, 9.17) is 4.74 Å². The standard InChI is InChI=1S/C27H29N5O4/c1-36-21-10-6-5-9-20(21)28-25(34)19-16-22(33)29-24-23(19)26(35)31-27(30-24)32-13-11-18(12-14-32)15-17-7-3-2-4-8-17/h2-10,18-19H,11-16H2,1H3,(H,28,34)(H2,29,30,31,33,35). The first-order valence-electron chi connectivity index (χ1n) is 12.2. The lowest BCUT2D eigenvalue weighted by Crippen LogP contribution is -2.40. The van der Waals surface area contributed by atoms with E-state index in [9.17, 15) is 14.4 Å². The Kier molecular flexibility index (Phi) is 6.71. The highest BCUT2D eigenvalue weighted by Crippen LogP contribution is 2.32. The largest absolute Gasteiger partial charge is 0.495 e. The number of H-pyrrole nitrogens is 1. The molecule has 36 heavy (non-hydrogen) atoms. The zero-order valence-electron chi connectivity index (χ0n) is 20.1. The minimum absolute atomic E-state index is 0.136. The summed E-state index contributed by atoms with van der Waals surface area (Å²) >= 11 is 0. The lowest BCUT2D eigenvalue weighted by Gasteiger charge is -2.33. The van der Waals surface area contributed by atoms with E-state index in [1.54, 1.807) is 24.3 Å². The number of anilines is 3. The number of nitrogens with one attached hydrogen (secondary N) is 3. The first-order chi connectivity index (χ1) is 17.5. The number of carbonyl (C=O) groups is 2. The smallest absolute Gasteiger partial charge is 0.258 e. The zero-order valence-corrected chi connectivity index (χ0v) is 20.1. The van der Waals surface area contributed by atoms with E-state index >= 15 is 0 Å². The number of methoxy groups -OCH3 is 1. The highest BCUT2D eigenvalue weighted by atomic mass is 16.5. The molecule has 1 unspecified atom stereocenters. The molecule has 1 aromatic heterocycles. The number of piperidine rings is 1. The Morgan fingerprint density at radius 3 is 2.56 bits per heavy atom. The predicted molar refractivity (Wildman–Crippen MR) is 138 cm³/mol. The molecule has 0 spiro atoms. The first kappa shape index (κ1) is 23.6. The van der Waals surface area contributed by atoms with Crippen LogP contribution in [-0.2, 0) is 16.0 Å². The summed E-state index contributed by atoms with van der Waals surface area (Å²) in [5.74, 6) is -0.147. The number of benzene rings is 2. The highest BCUT2D eigenvalue weighted by Gasteiger charge is 2.35. The third-order valence-electron chi connectivity index (χ3n) is 6.90. The lowest BCUT2D eigenvalue weighted by molar-refractivity contribution is -0.123. The molecule has 9 heteroatoms. The maximum atomic E-state index is 13.2. The number of amides is 2. The van der Waals surface area contributed by atoms with Gasteiger partial charge < -0.3 is 20.3 Å². The van der Waals surface area contributed by atoms with Crippen LogP contribution in [0.2, 0.25) is 0 Å². The van der Waals surface area contributed by atoms with E-state index in [2.05, 4.69) is 44.9 Å². The molecule has 3 aromatic rings. The molecule has 1 fully saturated rings. The summed E-state index contributed by atoms with van der Waals surface area (Å²) < 4.78 is 5.29. The van der Waals surface area contributed by atoms with Crippen molar-refractivity contribution < 1.29 is 14.3 Å². The van der Waals surface area contributed by atoms with Gasteiger partial charge in [0, 0.05) is 19.5 Å². The Balaban J connectivity index is 1.32. The topological polar surface area (TPSA) is 116 Å². The number of hydrogen-bond donors (Lipinski definition) is 3. The minimum atomic E-state index is -0.958. The van der Waals surface area contributed by atoms with E-state index in [1.807, 2.05) is 11.0 Å². The van der Waals surface area contributed by atoms with Crippen molar-refractivity contribution in [1.29, 1.82) is 0 Å². The van der Waals surface area contributed by atoms with Crippen LogP contribution in [-0.4, -0.2) is 42.0 Å². The van der Waals surface area contributed by atoms with Gasteiger partial charge in [0.05, 0.1) is 24.3 Å². The van der Waals surface area contributed by atoms with Gasteiger partial charge in [-0.1, -0.05) is 42.5 Å². The van der Waals surface area contributed by atoms with Crippen LogP contribution >= 0.6 is 0 Å². The van der Waals surface area contributed by atoms with Gasteiger partial charge in [0.2, 0.25) is 17.8 Å². The summed E-state index contributed by atoms with van der Waals surface area (Å²) in [4.78, 5) is 48.2. The number of para-hydroxylation sites is 2. The van der Waals surface area contributed by atoms with Crippen LogP contribution in [0.3, 0.4) is 0 Å². The summed E-state index contributed by atoms with van der Waals surface area (Å²) in [7, 11) is 1.51. The number of ether oxygens (including phenoxy) is 1. The summed E-state index contributed by atoms with van der Waals surface area (Å²) in [5.41, 5.74) is 1.56. The van der Waals surface area contributed by atoms with Crippen LogP contribution < -0.4 is 25.8 Å². The molecule has 1 saturated heterocycles. The van der Waals surface area contributed by atoms with E-state index in [0.29, 0.717) is 23.3 Å². The quantitative estimate of drug-likeness (QED) is 0.491. The van der Waals surface area contributed by atoms with Crippen molar-refractivity contribution in [2.24, 2.45) is 5.92 Å². The number of nitrogens with zero attached hydrogens (tertiary/aromatic N) is 2. The molecule has 0 bridgehead atoms. The van der Waals surface area contributed by atoms with E-state index in [1.165, 1.54) is 12.7 Å². The predicted octanol–water partition coefficient (Wildman–Crippen LogP) is 3.30. The van der Waals surface area contributed by atoms with Crippen LogP contribution in [0, 0.1) is 5.92 Å². The van der Waals surface area contributed by atoms with Crippen molar-refractivity contribution in [2.45, 2.75) is 31.6 Å². The molecule has 186 valence electrons. The van der Waals surface area contributed by atoms with Crippen molar-refractivity contribution in [2.75, 3.05) is 35.7 Å². The molecule has 1 atom stereocenters. The average Bonchev–Trinajstić information content (AvgIpc) is 2.89. The molecule has 3 heterocycles. The van der Waals surface area contributed by atoms with Crippen molar-refractivity contribution in [3.8, 4) is 5.75 Å².